The molecule has 1 unspecified atom stereocenters. The van der Waals surface area contributed by atoms with Crippen LogP contribution in [0.4, 0.5) is 0 Å². The van der Waals surface area contributed by atoms with Gasteiger partial charge in [-0.05, 0) is 54.5 Å². The minimum atomic E-state index is 0.162. The van der Waals surface area contributed by atoms with Crippen LogP contribution in [0.15, 0.2) is 18.2 Å². The van der Waals surface area contributed by atoms with E-state index in [1.165, 1.54) is 42.4 Å². The van der Waals surface area contributed by atoms with Crippen LogP contribution in [-0.2, 0) is 12.8 Å². The van der Waals surface area contributed by atoms with E-state index in [0.717, 1.165) is 12.2 Å². The van der Waals surface area contributed by atoms with Gasteiger partial charge < -0.3 is 5.73 Å². The zero-order chi connectivity index (χ0) is 10.7. The number of nitrogens with two attached hydrogens (primary N) is 1. The Labute approximate surface area is 97.5 Å². The van der Waals surface area contributed by atoms with E-state index in [9.17, 15) is 0 Å². The van der Waals surface area contributed by atoms with Gasteiger partial charge in [0.25, 0.3) is 0 Å². The Hall–Kier alpha value is -0.470. The third kappa shape index (κ3) is 2.56. The van der Waals surface area contributed by atoms with Crippen molar-refractivity contribution in [2.75, 3.05) is 5.75 Å². The summed E-state index contributed by atoms with van der Waals surface area (Å²) in [7, 11) is 0. The summed E-state index contributed by atoms with van der Waals surface area (Å²) in [5.74, 6) is 0.859. The second-order valence-corrected chi connectivity index (χ2v) is 4.80. The van der Waals surface area contributed by atoms with Gasteiger partial charge in [0.15, 0.2) is 0 Å². The maximum absolute atomic E-state index is 6.09. The van der Waals surface area contributed by atoms with Gasteiger partial charge in [0.05, 0.1) is 0 Å². The molecule has 1 aliphatic rings. The van der Waals surface area contributed by atoms with Crippen molar-refractivity contribution in [2.45, 2.75) is 38.1 Å². The first kappa shape index (κ1) is 11.0. The van der Waals surface area contributed by atoms with Crippen LogP contribution in [0.1, 0.15) is 42.0 Å². The van der Waals surface area contributed by atoms with Crippen LogP contribution in [0.3, 0.4) is 0 Å². The molecule has 1 aromatic carbocycles. The molecule has 2 heteroatoms. The summed E-state index contributed by atoms with van der Waals surface area (Å²) in [6.07, 6.45) is 6.11. The van der Waals surface area contributed by atoms with E-state index in [2.05, 4.69) is 30.8 Å². The molecule has 0 aromatic heterocycles. The quantitative estimate of drug-likeness (QED) is 0.754. The van der Waals surface area contributed by atoms with E-state index < -0.39 is 0 Å². The minimum Gasteiger partial charge on any atom is -0.324 e. The van der Waals surface area contributed by atoms with Crippen molar-refractivity contribution in [3.8, 4) is 0 Å². The Bertz CT molecular complexity index is 335. The van der Waals surface area contributed by atoms with Gasteiger partial charge in [-0.1, -0.05) is 18.2 Å². The number of benzene rings is 1. The molecule has 0 saturated carbocycles. The molecule has 0 heterocycles. The largest absolute Gasteiger partial charge is 0.324 e. The fraction of sp³-hybridized carbons (Fsp3) is 0.538. The Kier molecular flexibility index (Phi) is 3.71. The van der Waals surface area contributed by atoms with E-state index in [4.69, 9.17) is 5.73 Å². The van der Waals surface area contributed by atoms with Gasteiger partial charge in [-0.2, -0.15) is 12.6 Å². The van der Waals surface area contributed by atoms with Crippen molar-refractivity contribution in [1.29, 1.82) is 0 Å². The monoisotopic (exact) mass is 221 g/mol. The average Bonchev–Trinajstić information content (AvgIpc) is 2.29. The summed E-state index contributed by atoms with van der Waals surface area (Å²) in [5, 5.41) is 0. The number of fused-ring (bicyclic) bond motifs is 1. The summed E-state index contributed by atoms with van der Waals surface area (Å²) in [6.45, 7) is 0. The highest BCUT2D eigenvalue weighted by Crippen LogP contribution is 2.25. The molecule has 1 aromatic rings. The number of hydrogen-bond acceptors (Lipinski definition) is 2. The minimum absolute atomic E-state index is 0.162. The number of hydrogen-bond donors (Lipinski definition) is 2. The summed E-state index contributed by atoms with van der Waals surface area (Å²) >= 11 is 4.23. The Morgan fingerprint density at radius 1 is 1.20 bits per heavy atom. The Morgan fingerprint density at radius 3 is 2.67 bits per heavy atom. The first-order valence-corrected chi connectivity index (χ1v) is 6.42. The lowest BCUT2D eigenvalue weighted by Crippen LogP contribution is -2.12. The molecule has 0 aliphatic heterocycles. The molecule has 0 bridgehead atoms. The van der Waals surface area contributed by atoms with Gasteiger partial charge in [0.1, 0.15) is 0 Å². The second kappa shape index (κ2) is 5.04. The molecule has 0 spiro atoms. The molecule has 15 heavy (non-hydrogen) atoms. The molecule has 1 atom stereocenters. The molecule has 0 amide bonds. The van der Waals surface area contributed by atoms with Crippen molar-refractivity contribution in [1.82, 2.24) is 0 Å². The molecular weight excluding hydrogens is 202 g/mol. The first-order valence-electron chi connectivity index (χ1n) is 5.79. The van der Waals surface area contributed by atoms with Gasteiger partial charge in [0, 0.05) is 6.04 Å². The van der Waals surface area contributed by atoms with E-state index in [1.807, 2.05) is 0 Å². The second-order valence-electron chi connectivity index (χ2n) is 4.35. The van der Waals surface area contributed by atoms with Crippen molar-refractivity contribution in [2.24, 2.45) is 5.73 Å². The van der Waals surface area contributed by atoms with Crippen molar-refractivity contribution in [3.05, 3.63) is 34.9 Å². The maximum atomic E-state index is 6.09. The van der Waals surface area contributed by atoms with Gasteiger partial charge in [-0.15, -0.1) is 0 Å². The van der Waals surface area contributed by atoms with Crippen LogP contribution < -0.4 is 5.73 Å². The molecule has 2 N–H and O–H groups in total. The average molecular weight is 221 g/mol. The number of aryl methyl sites for hydroxylation is 2. The number of thiol groups is 1. The fourth-order valence-corrected chi connectivity index (χ4v) is 2.57. The predicted molar refractivity (Wildman–Crippen MR) is 68.5 cm³/mol. The van der Waals surface area contributed by atoms with Crippen LogP contribution in [0.2, 0.25) is 0 Å². The fourth-order valence-electron chi connectivity index (χ4n) is 2.29. The van der Waals surface area contributed by atoms with Crippen LogP contribution >= 0.6 is 12.6 Å². The van der Waals surface area contributed by atoms with Crippen molar-refractivity contribution in [3.63, 3.8) is 0 Å². The highest BCUT2D eigenvalue weighted by atomic mass is 32.1. The third-order valence-electron chi connectivity index (χ3n) is 3.24. The Morgan fingerprint density at radius 2 is 1.93 bits per heavy atom. The van der Waals surface area contributed by atoms with Crippen molar-refractivity contribution < 1.29 is 0 Å². The molecule has 0 saturated heterocycles. The van der Waals surface area contributed by atoms with E-state index in [1.54, 1.807) is 0 Å². The van der Waals surface area contributed by atoms with Gasteiger partial charge >= 0.3 is 0 Å². The van der Waals surface area contributed by atoms with Crippen molar-refractivity contribution >= 4 is 12.6 Å². The standard InChI is InChI=1S/C13H19NS/c14-13(7-8-15)12-6-5-10-3-1-2-4-11(10)9-12/h5-6,9,13,15H,1-4,7-8,14H2. The molecule has 82 valence electrons. The van der Waals surface area contributed by atoms with Gasteiger partial charge in [-0.25, -0.2) is 0 Å². The molecule has 1 aliphatic carbocycles. The third-order valence-corrected chi connectivity index (χ3v) is 3.50. The topological polar surface area (TPSA) is 26.0 Å². The summed E-state index contributed by atoms with van der Waals surface area (Å²) in [5.41, 5.74) is 10.4. The predicted octanol–water partition coefficient (Wildman–Crippen LogP) is 2.89. The zero-order valence-corrected chi connectivity index (χ0v) is 9.97. The molecule has 1 nitrogen and oxygen atoms in total. The van der Waals surface area contributed by atoms with Gasteiger partial charge in [-0.3, -0.25) is 0 Å². The van der Waals surface area contributed by atoms with Crippen LogP contribution in [-0.4, -0.2) is 5.75 Å². The normalized spacial score (nSPS) is 17.2. The first-order chi connectivity index (χ1) is 7.31. The van der Waals surface area contributed by atoms with E-state index in [-0.39, 0.29) is 6.04 Å². The summed E-state index contributed by atoms with van der Waals surface area (Å²) in [4.78, 5) is 0. The van der Waals surface area contributed by atoms with Crippen LogP contribution in [0.5, 0.6) is 0 Å². The number of rotatable bonds is 3. The van der Waals surface area contributed by atoms with Crippen LogP contribution in [0.25, 0.3) is 0 Å². The van der Waals surface area contributed by atoms with Crippen LogP contribution in [0, 0.1) is 0 Å². The summed E-state index contributed by atoms with van der Waals surface area (Å²) in [6, 6.07) is 6.93. The SMILES string of the molecule is NC(CCS)c1ccc2c(c1)CCCC2. The Balaban J connectivity index is 2.20. The highest BCUT2D eigenvalue weighted by Gasteiger charge is 2.11. The van der Waals surface area contributed by atoms with Gasteiger partial charge in [0.2, 0.25) is 0 Å². The lowest BCUT2D eigenvalue weighted by Gasteiger charge is -2.18. The zero-order valence-electron chi connectivity index (χ0n) is 9.08. The maximum Gasteiger partial charge on any atom is 0.0302 e. The smallest absolute Gasteiger partial charge is 0.0302 e. The van der Waals surface area contributed by atoms with E-state index in [0.29, 0.717) is 0 Å². The lowest BCUT2D eigenvalue weighted by atomic mass is 9.89. The summed E-state index contributed by atoms with van der Waals surface area (Å²) < 4.78 is 0. The molecule has 0 fully saturated rings. The molecule has 2 rings (SSSR count). The molecular formula is C13H19NS. The lowest BCUT2D eigenvalue weighted by molar-refractivity contribution is 0.672. The van der Waals surface area contributed by atoms with E-state index >= 15 is 0 Å². The highest BCUT2D eigenvalue weighted by molar-refractivity contribution is 7.80. The molecule has 0 radical (unpaired) electrons.